The second-order valence-corrected chi connectivity index (χ2v) is 8.51. The maximum atomic E-state index is 11.8. The maximum Gasteiger partial charge on any atom is 0.316 e. The molecule has 3 aromatic heterocycles. The first-order valence-corrected chi connectivity index (χ1v) is 10.0. The Labute approximate surface area is 160 Å². The number of hydrogen-bond acceptors (Lipinski definition) is 9. The number of aromatic nitrogens is 3. The maximum absolute atomic E-state index is 11.8. The molecule has 3 rings (SSSR count). The van der Waals surface area contributed by atoms with Crippen molar-refractivity contribution in [3.05, 3.63) is 38.8 Å². The van der Waals surface area contributed by atoms with Crippen LogP contribution in [0.5, 0.6) is 0 Å². The van der Waals surface area contributed by atoms with E-state index in [9.17, 15) is 4.79 Å². The van der Waals surface area contributed by atoms with E-state index in [2.05, 4.69) is 31.3 Å². The highest BCUT2D eigenvalue weighted by molar-refractivity contribution is 9.11. The largest absolute Gasteiger partial charge is 0.455 e. The third kappa shape index (κ3) is 4.71. The molecule has 0 aliphatic rings. The molecular formula is C15H14BrN3O4S2. The molecule has 0 saturated heterocycles. The molecule has 0 aliphatic carbocycles. The molecule has 0 bridgehead atoms. The third-order valence-corrected chi connectivity index (χ3v) is 5.80. The molecule has 132 valence electrons. The van der Waals surface area contributed by atoms with Crippen molar-refractivity contribution in [1.29, 1.82) is 0 Å². The predicted molar refractivity (Wildman–Crippen MR) is 97.2 cm³/mol. The van der Waals surface area contributed by atoms with Crippen LogP contribution in [0.15, 0.2) is 24.9 Å². The summed E-state index contributed by atoms with van der Waals surface area (Å²) in [5.41, 5.74) is 1.86. The lowest BCUT2D eigenvalue weighted by molar-refractivity contribution is -0.142. The Morgan fingerprint density at radius 1 is 1.36 bits per heavy atom. The number of aryl methyl sites for hydroxylation is 2. The fraction of sp³-hybridized carbons (Fsp3) is 0.333. The monoisotopic (exact) mass is 443 g/mol. The lowest BCUT2D eigenvalue weighted by Gasteiger charge is -2.02. The second kappa shape index (κ2) is 8.15. The first kappa shape index (κ1) is 18.2. The van der Waals surface area contributed by atoms with Gasteiger partial charge in [0.25, 0.3) is 11.8 Å². The number of carbonyl (C=O) groups excluding carboxylic acids is 1. The lowest BCUT2D eigenvalue weighted by atomic mass is 10.2. The van der Waals surface area contributed by atoms with Crippen LogP contribution in [0.3, 0.4) is 0 Å². The molecule has 7 nitrogen and oxygen atoms in total. The van der Waals surface area contributed by atoms with E-state index in [1.165, 1.54) is 23.1 Å². The number of thiophene rings is 1. The highest BCUT2D eigenvalue weighted by atomic mass is 79.9. The van der Waals surface area contributed by atoms with E-state index < -0.39 is 0 Å². The topological polar surface area (TPSA) is 91.2 Å². The number of rotatable bonds is 7. The number of nitrogens with zero attached hydrogens (tertiary/aromatic N) is 3. The van der Waals surface area contributed by atoms with Gasteiger partial charge >= 0.3 is 5.97 Å². The Bertz CT molecular complexity index is 854. The molecule has 3 aromatic rings. The van der Waals surface area contributed by atoms with Gasteiger partial charge in [-0.1, -0.05) is 5.16 Å². The summed E-state index contributed by atoms with van der Waals surface area (Å²) in [6.07, 6.45) is 0. The Hall–Kier alpha value is -1.65. The van der Waals surface area contributed by atoms with Gasteiger partial charge in [0.2, 0.25) is 0 Å². The summed E-state index contributed by atoms with van der Waals surface area (Å²) in [6, 6.07) is 3.78. The fourth-order valence-electron chi connectivity index (χ4n) is 1.97. The van der Waals surface area contributed by atoms with Crippen molar-refractivity contribution in [3.8, 4) is 10.8 Å². The van der Waals surface area contributed by atoms with E-state index in [0.717, 1.165) is 25.7 Å². The highest BCUT2D eigenvalue weighted by Crippen LogP contribution is 2.30. The minimum atomic E-state index is -0.338. The van der Waals surface area contributed by atoms with Crippen LogP contribution in [0.4, 0.5) is 0 Å². The fourth-order valence-corrected chi connectivity index (χ4v) is 4.24. The Balaban J connectivity index is 1.44. The molecule has 0 atom stereocenters. The molecule has 0 spiro atoms. The molecule has 0 aliphatic heterocycles. The zero-order chi connectivity index (χ0) is 17.8. The standard InChI is InChI=1S/C15H14BrN3O4S2/c1-8-10(9(2)23-19-8)6-24-7-14(20)21-5-13-17-18-15(22-13)11-3-4-12(16)25-11/h3-4H,5-7H2,1-2H3. The zero-order valence-corrected chi connectivity index (χ0v) is 16.7. The zero-order valence-electron chi connectivity index (χ0n) is 13.4. The van der Waals surface area contributed by atoms with Gasteiger partial charge in [-0.05, 0) is 41.9 Å². The van der Waals surface area contributed by atoms with Crippen LogP contribution in [0.2, 0.25) is 0 Å². The quantitative estimate of drug-likeness (QED) is 0.502. The number of halogens is 1. The average molecular weight is 444 g/mol. The van der Waals surface area contributed by atoms with Gasteiger partial charge in [0.15, 0.2) is 6.61 Å². The van der Waals surface area contributed by atoms with E-state index in [1.807, 2.05) is 26.0 Å². The van der Waals surface area contributed by atoms with Crippen LogP contribution in [-0.4, -0.2) is 27.1 Å². The van der Waals surface area contributed by atoms with Gasteiger partial charge < -0.3 is 13.7 Å². The van der Waals surface area contributed by atoms with E-state index in [0.29, 0.717) is 11.6 Å². The van der Waals surface area contributed by atoms with Crippen LogP contribution in [-0.2, 0) is 21.9 Å². The van der Waals surface area contributed by atoms with Gasteiger partial charge in [-0.2, -0.15) is 0 Å². The van der Waals surface area contributed by atoms with Crippen LogP contribution in [0.1, 0.15) is 22.9 Å². The van der Waals surface area contributed by atoms with Crippen molar-refractivity contribution >= 4 is 45.0 Å². The van der Waals surface area contributed by atoms with Crippen LogP contribution in [0.25, 0.3) is 10.8 Å². The number of hydrogen-bond donors (Lipinski definition) is 0. The number of esters is 1. The SMILES string of the molecule is Cc1noc(C)c1CSCC(=O)OCc1nnc(-c2ccc(Br)s2)o1. The third-order valence-electron chi connectivity index (χ3n) is 3.25. The molecule has 3 heterocycles. The molecule has 0 fully saturated rings. The van der Waals surface area contributed by atoms with Gasteiger partial charge in [0.1, 0.15) is 5.76 Å². The van der Waals surface area contributed by atoms with Crippen molar-refractivity contribution in [2.45, 2.75) is 26.2 Å². The molecule has 0 saturated carbocycles. The highest BCUT2D eigenvalue weighted by Gasteiger charge is 2.14. The summed E-state index contributed by atoms with van der Waals surface area (Å²) in [6.45, 7) is 3.70. The predicted octanol–water partition coefficient (Wildman–Crippen LogP) is 4.14. The summed E-state index contributed by atoms with van der Waals surface area (Å²) in [5, 5.41) is 11.7. The van der Waals surface area contributed by atoms with Gasteiger partial charge in [-0.25, -0.2) is 0 Å². The minimum Gasteiger partial charge on any atom is -0.455 e. The molecule has 10 heteroatoms. The van der Waals surface area contributed by atoms with Gasteiger partial charge in [-0.3, -0.25) is 4.79 Å². The molecule has 25 heavy (non-hydrogen) atoms. The molecule has 0 amide bonds. The summed E-state index contributed by atoms with van der Waals surface area (Å²) >= 11 is 6.31. The van der Waals surface area contributed by atoms with Crippen LogP contribution < -0.4 is 0 Å². The van der Waals surface area contributed by atoms with Gasteiger partial charge in [-0.15, -0.1) is 33.3 Å². The smallest absolute Gasteiger partial charge is 0.316 e. The van der Waals surface area contributed by atoms with E-state index in [-0.39, 0.29) is 24.2 Å². The Morgan fingerprint density at radius 2 is 2.20 bits per heavy atom. The summed E-state index contributed by atoms with van der Waals surface area (Å²) in [4.78, 5) is 12.7. The number of carbonyl (C=O) groups is 1. The van der Waals surface area contributed by atoms with E-state index >= 15 is 0 Å². The van der Waals surface area contributed by atoms with E-state index in [4.69, 9.17) is 13.7 Å². The molecule has 0 unspecified atom stereocenters. The van der Waals surface area contributed by atoms with Crippen molar-refractivity contribution in [1.82, 2.24) is 15.4 Å². The molecular weight excluding hydrogens is 430 g/mol. The molecule has 0 radical (unpaired) electrons. The summed E-state index contributed by atoms with van der Waals surface area (Å²) in [5.74, 6) is 1.99. The summed E-state index contributed by atoms with van der Waals surface area (Å²) in [7, 11) is 0. The van der Waals surface area contributed by atoms with Crippen LogP contribution >= 0.6 is 39.0 Å². The van der Waals surface area contributed by atoms with Gasteiger partial charge in [0.05, 0.1) is 20.1 Å². The molecule has 0 N–H and O–H groups in total. The Kier molecular flexibility index (Phi) is 5.92. The first-order chi connectivity index (χ1) is 12.0. The summed E-state index contributed by atoms with van der Waals surface area (Å²) < 4.78 is 16.7. The average Bonchev–Trinajstić information content (AvgIpc) is 3.29. The minimum absolute atomic E-state index is 0.0374. The molecule has 0 aromatic carbocycles. The van der Waals surface area contributed by atoms with Crippen LogP contribution in [0, 0.1) is 13.8 Å². The van der Waals surface area contributed by atoms with Crippen molar-refractivity contribution in [3.63, 3.8) is 0 Å². The van der Waals surface area contributed by atoms with Crippen molar-refractivity contribution in [2.24, 2.45) is 0 Å². The second-order valence-electron chi connectivity index (χ2n) is 5.06. The normalized spacial score (nSPS) is 11.0. The van der Waals surface area contributed by atoms with E-state index in [1.54, 1.807) is 0 Å². The number of ether oxygens (including phenoxy) is 1. The van der Waals surface area contributed by atoms with Crippen molar-refractivity contribution in [2.75, 3.05) is 5.75 Å². The lowest BCUT2D eigenvalue weighted by Crippen LogP contribution is -2.07. The van der Waals surface area contributed by atoms with Gasteiger partial charge in [0, 0.05) is 11.3 Å². The number of thioether (sulfide) groups is 1. The van der Waals surface area contributed by atoms with Crippen molar-refractivity contribution < 1.29 is 18.5 Å². The Morgan fingerprint density at radius 3 is 2.88 bits per heavy atom. The first-order valence-electron chi connectivity index (χ1n) is 7.26.